The summed E-state index contributed by atoms with van der Waals surface area (Å²) in [5.41, 5.74) is 1.73. The summed E-state index contributed by atoms with van der Waals surface area (Å²) in [4.78, 5) is 0. The molecule has 3 saturated heterocycles. The van der Waals surface area contributed by atoms with Gasteiger partial charge in [-0.2, -0.15) is 0 Å². The predicted molar refractivity (Wildman–Crippen MR) is 122 cm³/mol. The number of fused-ring (bicyclic) bond motifs is 2. The lowest BCUT2D eigenvalue weighted by Gasteiger charge is -2.58. The fourth-order valence-electron chi connectivity index (χ4n) is 10.4. The van der Waals surface area contributed by atoms with Crippen LogP contribution >= 0.6 is 0 Å². The molecule has 4 saturated carbocycles. The molecule has 1 N–H and O–H groups in total. The van der Waals surface area contributed by atoms with E-state index in [0.717, 1.165) is 44.9 Å². The normalized spacial score (nSPS) is 61.2. The van der Waals surface area contributed by atoms with Crippen molar-refractivity contribution in [2.75, 3.05) is 0 Å². The summed E-state index contributed by atoms with van der Waals surface area (Å²) in [6.07, 6.45) is 10.5. The first-order valence-corrected chi connectivity index (χ1v) is 13.5. The molecule has 178 valence electrons. The van der Waals surface area contributed by atoms with Gasteiger partial charge < -0.3 is 19.3 Å². The van der Waals surface area contributed by atoms with Crippen LogP contribution in [0.5, 0.6) is 0 Å². The third-order valence-electron chi connectivity index (χ3n) is 12.2. The molecular weight excluding hydrogens is 400 g/mol. The molecule has 7 aliphatic rings. The number of hydrogen-bond donors (Lipinski definition) is 1. The lowest BCUT2D eigenvalue weighted by Crippen LogP contribution is -2.60. The summed E-state index contributed by atoms with van der Waals surface area (Å²) >= 11 is 0. The highest BCUT2D eigenvalue weighted by molar-refractivity contribution is 5.33. The molecule has 3 aliphatic heterocycles. The van der Waals surface area contributed by atoms with Crippen molar-refractivity contribution in [1.29, 1.82) is 0 Å². The van der Waals surface area contributed by atoms with Gasteiger partial charge in [0.2, 0.25) is 0 Å². The van der Waals surface area contributed by atoms with Crippen molar-refractivity contribution in [3.05, 3.63) is 12.2 Å². The molecule has 0 aromatic carbocycles. The highest BCUT2D eigenvalue weighted by atomic mass is 16.7. The molecule has 4 nitrogen and oxygen atoms in total. The van der Waals surface area contributed by atoms with E-state index in [1.807, 2.05) is 0 Å². The summed E-state index contributed by atoms with van der Waals surface area (Å²) in [6, 6.07) is 0. The van der Waals surface area contributed by atoms with Gasteiger partial charge in [0.1, 0.15) is 5.60 Å². The molecule has 12 atom stereocenters. The van der Waals surface area contributed by atoms with Gasteiger partial charge >= 0.3 is 0 Å². The average Bonchev–Trinajstić information content (AvgIpc) is 3.15. The SMILES string of the molecule is C=C(CC[C@]1(C)O[C@@H]2O[C@@H]3C[C@H]1[C@]21CC[C@@H]2[C@@]4(C)CC[C@H](O)C[C@@H]4C[C@@H]4O[C@@]42[C@H]31)C(C)C. The number of hydrogen-bond acceptors (Lipinski definition) is 4. The van der Waals surface area contributed by atoms with Gasteiger partial charge in [0.15, 0.2) is 6.29 Å². The molecule has 4 aliphatic carbocycles. The Bertz CT molecular complexity index is 854. The van der Waals surface area contributed by atoms with Crippen LogP contribution in [-0.2, 0) is 14.2 Å². The van der Waals surface area contributed by atoms with Crippen LogP contribution in [0.15, 0.2) is 12.2 Å². The van der Waals surface area contributed by atoms with E-state index >= 15 is 0 Å². The molecule has 4 heteroatoms. The van der Waals surface area contributed by atoms with Crippen LogP contribution in [0.3, 0.4) is 0 Å². The van der Waals surface area contributed by atoms with E-state index in [2.05, 4.69) is 34.3 Å². The predicted octanol–water partition coefficient (Wildman–Crippen LogP) is 5.23. The second-order valence-corrected chi connectivity index (χ2v) is 13.5. The first-order chi connectivity index (χ1) is 15.1. The number of epoxide rings is 1. The standard InChI is InChI=1S/C28H42O4/c1-15(2)16(3)6-10-26(5)21-14-19-23-27(21,24(30-19)32-26)11-8-20-25(4)9-7-18(29)12-17(25)13-22-28(20,23)31-22/h15,17-24,29H,3,6-14H2,1-2,4-5H3/t17-,18+,19-,20-,21-,22+,23-,24+,25+,26+,27+,28-/m1/s1. The number of rotatable bonds is 4. The third-order valence-corrected chi connectivity index (χ3v) is 12.2. The van der Waals surface area contributed by atoms with E-state index in [1.54, 1.807) is 0 Å². The maximum absolute atomic E-state index is 10.4. The van der Waals surface area contributed by atoms with Crippen LogP contribution in [0.1, 0.15) is 85.5 Å². The van der Waals surface area contributed by atoms with Crippen molar-refractivity contribution in [3.8, 4) is 0 Å². The third kappa shape index (κ3) is 2.25. The molecule has 7 fully saturated rings. The van der Waals surface area contributed by atoms with Gasteiger partial charge in [-0.1, -0.05) is 32.9 Å². The van der Waals surface area contributed by atoms with E-state index in [9.17, 15) is 5.11 Å². The van der Waals surface area contributed by atoms with Crippen molar-refractivity contribution in [3.63, 3.8) is 0 Å². The summed E-state index contributed by atoms with van der Waals surface area (Å²) < 4.78 is 20.4. The van der Waals surface area contributed by atoms with Crippen molar-refractivity contribution in [2.45, 2.75) is 121 Å². The maximum atomic E-state index is 10.4. The smallest absolute Gasteiger partial charge is 0.165 e. The zero-order chi connectivity index (χ0) is 22.3. The fourth-order valence-corrected chi connectivity index (χ4v) is 10.4. The van der Waals surface area contributed by atoms with Gasteiger partial charge in [-0.3, -0.25) is 0 Å². The van der Waals surface area contributed by atoms with Crippen LogP contribution in [0.2, 0.25) is 0 Å². The van der Waals surface area contributed by atoms with E-state index in [0.29, 0.717) is 47.2 Å². The molecule has 0 aromatic heterocycles. The Hall–Kier alpha value is -0.420. The zero-order valence-electron chi connectivity index (χ0n) is 20.4. The Kier molecular flexibility index (Phi) is 4.07. The van der Waals surface area contributed by atoms with Gasteiger partial charge in [0.05, 0.1) is 23.9 Å². The Balaban J connectivity index is 1.21. The first kappa shape index (κ1) is 20.9. The summed E-state index contributed by atoms with van der Waals surface area (Å²) in [5, 5.41) is 10.4. The van der Waals surface area contributed by atoms with Gasteiger partial charge in [0.25, 0.3) is 0 Å². The van der Waals surface area contributed by atoms with E-state index in [1.165, 1.54) is 18.4 Å². The molecule has 2 bridgehead atoms. The van der Waals surface area contributed by atoms with Crippen molar-refractivity contribution in [1.82, 2.24) is 0 Å². The minimum atomic E-state index is -0.106. The van der Waals surface area contributed by atoms with Crippen LogP contribution in [0, 0.1) is 40.4 Å². The van der Waals surface area contributed by atoms with E-state index in [4.69, 9.17) is 14.2 Å². The summed E-state index contributed by atoms with van der Waals surface area (Å²) in [5.74, 6) is 2.87. The largest absolute Gasteiger partial charge is 0.393 e. The Morgan fingerprint density at radius 1 is 1.06 bits per heavy atom. The molecule has 0 radical (unpaired) electrons. The maximum Gasteiger partial charge on any atom is 0.165 e. The second-order valence-electron chi connectivity index (χ2n) is 13.5. The van der Waals surface area contributed by atoms with Crippen molar-refractivity contribution >= 4 is 0 Å². The molecule has 0 amide bonds. The number of aliphatic hydroxyl groups is 1. The minimum Gasteiger partial charge on any atom is -0.393 e. The average molecular weight is 443 g/mol. The Labute approximate surface area is 193 Å². The van der Waals surface area contributed by atoms with Gasteiger partial charge in [-0.25, -0.2) is 0 Å². The molecule has 32 heavy (non-hydrogen) atoms. The summed E-state index contributed by atoms with van der Waals surface area (Å²) in [7, 11) is 0. The molecule has 2 spiro atoms. The van der Waals surface area contributed by atoms with E-state index < -0.39 is 0 Å². The van der Waals surface area contributed by atoms with Crippen LogP contribution < -0.4 is 0 Å². The number of ether oxygens (including phenoxy) is 3. The highest BCUT2D eigenvalue weighted by Crippen LogP contribution is 2.81. The van der Waals surface area contributed by atoms with Crippen LogP contribution in [-0.4, -0.2) is 40.9 Å². The quantitative estimate of drug-likeness (QED) is 0.478. The van der Waals surface area contributed by atoms with Crippen molar-refractivity contribution < 1.29 is 19.3 Å². The van der Waals surface area contributed by atoms with Gasteiger partial charge in [0, 0.05) is 17.3 Å². The van der Waals surface area contributed by atoms with Crippen LogP contribution in [0.4, 0.5) is 0 Å². The van der Waals surface area contributed by atoms with Gasteiger partial charge in [-0.05, 0) is 87.9 Å². The first-order valence-electron chi connectivity index (χ1n) is 13.5. The lowest BCUT2D eigenvalue weighted by molar-refractivity contribution is -0.175. The minimum absolute atomic E-state index is 0.0239. The number of allylic oxidation sites excluding steroid dienone is 1. The number of aliphatic hydroxyl groups excluding tert-OH is 1. The zero-order valence-corrected chi connectivity index (χ0v) is 20.4. The Morgan fingerprint density at radius 3 is 2.66 bits per heavy atom. The second kappa shape index (κ2) is 6.22. The van der Waals surface area contributed by atoms with Gasteiger partial charge in [-0.15, -0.1) is 0 Å². The molecule has 7 rings (SSSR count). The highest BCUT2D eigenvalue weighted by Gasteiger charge is 2.87. The van der Waals surface area contributed by atoms with Crippen molar-refractivity contribution in [2.24, 2.45) is 40.4 Å². The molecular formula is C28H42O4. The topological polar surface area (TPSA) is 51.2 Å². The summed E-state index contributed by atoms with van der Waals surface area (Å²) in [6.45, 7) is 13.7. The Morgan fingerprint density at radius 2 is 1.88 bits per heavy atom. The molecule has 0 aromatic rings. The van der Waals surface area contributed by atoms with Crippen LogP contribution in [0.25, 0.3) is 0 Å². The molecule has 3 heterocycles. The van der Waals surface area contributed by atoms with E-state index in [-0.39, 0.29) is 29.0 Å². The molecule has 0 unspecified atom stereocenters. The lowest BCUT2D eigenvalue weighted by atomic mass is 9.44. The fraction of sp³-hybridized carbons (Fsp3) is 0.929. The monoisotopic (exact) mass is 442 g/mol.